The van der Waals surface area contributed by atoms with Crippen LogP contribution in [0.4, 0.5) is 0 Å². The number of halogens is 1. The lowest BCUT2D eigenvalue weighted by Crippen LogP contribution is -2.41. The summed E-state index contributed by atoms with van der Waals surface area (Å²) in [5, 5.41) is 9.14. The Morgan fingerprint density at radius 2 is 1.88 bits per heavy atom. The van der Waals surface area contributed by atoms with Gasteiger partial charge >= 0.3 is 5.97 Å². The molecule has 0 spiro atoms. The van der Waals surface area contributed by atoms with E-state index in [1.54, 1.807) is 30.3 Å². The minimum atomic E-state index is -1.84. The molecule has 1 aromatic carbocycles. The second kappa shape index (κ2) is 5.82. The molecule has 1 unspecified atom stereocenters. The monoisotopic (exact) mass is 254 g/mol. The third-order valence-electron chi connectivity index (χ3n) is 2.61. The van der Waals surface area contributed by atoms with Crippen LogP contribution in [0.25, 0.3) is 0 Å². The zero-order chi connectivity index (χ0) is 12.9. The fourth-order valence-electron chi connectivity index (χ4n) is 1.56. The standard InChI is InChI=1S/C13H15ClO3/c1-2-3-9-13(14,12(16)17)11(15)10-7-5-4-6-8-10/h4-8H,2-3,9H2,1H3,(H,16,17). The zero-order valence-corrected chi connectivity index (χ0v) is 10.4. The van der Waals surface area contributed by atoms with Gasteiger partial charge in [-0.1, -0.05) is 61.7 Å². The van der Waals surface area contributed by atoms with E-state index in [-0.39, 0.29) is 6.42 Å². The lowest BCUT2D eigenvalue weighted by Gasteiger charge is -2.20. The van der Waals surface area contributed by atoms with Gasteiger partial charge in [-0.3, -0.25) is 4.79 Å². The van der Waals surface area contributed by atoms with Crippen LogP contribution in [-0.2, 0) is 4.79 Å². The summed E-state index contributed by atoms with van der Waals surface area (Å²) in [4.78, 5) is 21.5. The minimum absolute atomic E-state index is 0.147. The van der Waals surface area contributed by atoms with Crippen LogP contribution in [0.3, 0.4) is 0 Å². The largest absolute Gasteiger partial charge is 0.480 e. The summed E-state index contributed by atoms with van der Waals surface area (Å²) in [5.41, 5.74) is 0.334. The molecule has 4 heteroatoms. The summed E-state index contributed by atoms with van der Waals surface area (Å²) in [7, 11) is 0. The number of unbranched alkanes of at least 4 members (excludes halogenated alkanes) is 1. The Morgan fingerprint density at radius 3 is 2.35 bits per heavy atom. The van der Waals surface area contributed by atoms with E-state index < -0.39 is 16.6 Å². The summed E-state index contributed by atoms with van der Waals surface area (Å²) in [6, 6.07) is 8.29. The van der Waals surface area contributed by atoms with Gasteiger partial charge in [0.05, 0.1) is 0 Å². The van der Waals surface area contributed by atoms with Gasteiger partial charge in [0.25, 0.3) is 0 Å². The molecule has 0 aliphatic rings. The van der Waals surface area contributed by atoms with Gasteiger partial charge in [0.15, 0.2) is 5.78 Å². The number of carbonyl (C=O) groups is 2. The highest BCUT2D eigenvalue weighted by atomic mass is 35.5. The number of hydrogen-bond acceptors (Lipinski definition) is 2. The molecule has 1 rings (SSSR count). The highest BCUT2D eigenvalue weighted by Crippen LogP contribution is 2.28. The average Bonchev–Trinajstić information content (AvgIpc) is 2.35. The normalized spacial score (nSPS) is 14.0. The summed E-state index contributed by atoms with van der Waals surface area (Å²) < 4.78 is 0. The van der Waals surface area contributed by atoms with Crippen molar-refractivity contribution in [1.29, 1.82) is 0 Å². The highest BCUT2D eigenvalue weighted by molar-refractivity contribution is 6.47. The van der Waals surface area contributed by atoms with Crippen LogP contribution in [0.2, 0.25) is 0 Å². The number of carbonyl (C=O) groups excluding carboxylic acids is 1. The number of carboxylic acids is 1. The second-order valence-corrected chi connectivity index (χ2v) is 4.55. The summed E-state index contributed by atoms with van der Waals surface area (Å²) in [6.07, 6.45) is 1.55. The van der Waals surface area contributed by atoms with Crippen molar-refractivity contribution in [2.75, 3.05) is 0 Å². The number of ketones is 1. The molecule has 1 atom stereocenters. The summed E-state index contributed by atoms with van der Waals surface area (Å²) in [5.74, 6) is -1.82. The maximum Gasteiger partial charge on any atom is 0.332 e. The molecular weight excluding hydrogens is 240 g/mol. The van der Waals surface area contributed by atoms with Crippen molar-refractivity contribution in [2.45, 2.75) is 31.1 Å². The zero-order valence-electron chi connectivity index (χ0n) is 9.65. The van der Waals surface area contributed by atoms with Crippen LogP contribution in [0.15, 0.2) is 30.3 Å². The number of alkyl halides is 1. The Bertz CT molecular complexity index is 402. The molecule has 0 radical (unpaired) electrons. The van der Waals surface area contributed by atoms with Gasteiger partial charge in [0.1, 0.15) is 0 Å². The third-order valence-corrected chi connectivity index (χ3v) is 3.13. The molecule has 17 heavy (non-hydrogen) atoms. The number of Topliss-reactive ketones (excluding diaryl/α,β-unsaturated/α-hetero) is 1. The molecule has 0 aliphatic heterocycles. The Labute approximate surface area is 105 Å². The first-order valence-corrected chi connectivity index (χ1v) is 5.92. The molecule has 0 heterocycles. The van der Waals surface area contributed by atoms with Crippen molar-refractivity contribution in [3.63, 3.8) is 0 Å². The van der Waals surface area contributed by atoms with Crippen molar-refractivity contribution in [1.82, 2.24) is 0 Å². The Balaban J connectivity index is 2.99. The Hall–Kier alpha value is -1.35. The molecule has 92 valence electrons. The second-order valence-electron chi connectivity index (χ2n) is 3.91. The Morgan fingerprint density at radius 1 is 1.29 bits per heavy atom. The molecule has 0 fully saturated rings. The van der Waals surface area contributed by atoms with E-state index in [1.165, 1.54) is 0 Å². The van der Waals surface area contributed by atoms with Crippen molar-refractivity contribution in [3.05, 3.63) is 35.9 Å². The van der Waals surface area contributed by atoms with Gasteiger partial charge in [-0.05, 0) is 6.42 Å². The molecule has 0 aromatic heterocycles. The lowest BCUT2D eigenvalue weighted by atomic mass is 9.92. The van der Waals surface area contributed by atoms with Crippen LogP contribution in [0.5, 0.6) is 0 Å². The molecule has 0 saturated heterocycles. The Kier molecular flexibility index (Phi) is 4.70. The quantitative estimate of drug-likeness (QED) is 0.482. The summed E-state index contributed by atoms with van der Waals surface area (Å²) >= 11 is 5.99. The maximum absolute atomic E-state index is 12.1. The van der Waals surface area contributed by atoms with Crippen molar-refractivity contribution in [2.24, 2.45) is 0 Å². The number of aliphatic carboxylic acids is 1. The first-order chi connectivity index (χ1) is 8.02. The molecule has 0 aliphatic carbocycles. The molecule has 1 N–H and O–H groups in total. The molecular formula is C13H15ClO3. The number of benzene rings is 1. The number of rotatable bonds is 6. The first kappa shape index (κ1) is 13.7. The summed E-state index contributed by atoms with van der Waals surface area (Å²) in [6.45, 7) is 1.92. The van der Waals surface area contributed by atoms with Gasteiger partial charge in [0.2, 0.25) is 4.87 Å². The van der Waals surface area contributed by atoms with Crippen LogP contribution in [0.1, 0.15) is 36.5 Å². The van der Waals surface area contributed by atoms with E-state index in [9.17, 15) is 9.59 Å². The van der Waals surface area contributed by atoms with E-state index in [4.69, 9.17) is 16.7 Å². The van der Waals surface area contributed by atoms with E-state index in [2.05, 4.69) is 0 Å². The SMILES string of the molecule is CCCCC(Cl)(C(=O)O)C(=O)c1ccccc1. The average molecular weight is 255 g/mol. The van der Waals surface area contributed by atoms with Crippen LogP contribution in [-0.4, -0.2) is 21.7 Å². The predicted molar refractivity (Wildman–Crippen MR) is 66.5 cm³/mol. The molecule has 0 bridgehead atoms. The predicted octanol–water partition coefficient (Wildman–Crippen LogP) is 3.12. The molecule has 0 amide bonds. The maximum atomic E-state index is 12.1. The van der Waals surface area contributed by atoms with E-state index >= 15 is 0 Å². The third kappa shape index (κ3) is 3.07. The molecule has 1 aromatic rings. The van der Waals surface area contributed by atoms with E-state index in [0.29, 0.717) is 12.0 Å². The van der Waals surface area contributed by atoms with Gasteiger partial charge in [-0.15, -0.1) is 0 Å². The minimum Gasteiger partial charge on any atom is -0.480 e. The lowest BCUT2D eigenvalue weighted by molar-refractivity contribution is -0.138. The molecule has 3 nitrogen and oxygen atoms in total. The van der Waals surface area contributed by atoms with Crippen LogP contribution < -0.4 is 0 Å². The van der Waals surface area contributed by atoms with Crippen molar-refractivity contribution < 1.29 is 14.7 Å². The molecule has 0 saturated carbocycles. The van der Waals surface area contributed by atoms with E-state index in [0.717, 1.165) is 6.42 Å². The van der Waals surface area contributed by atoms with Crippen LogP contribution in [0, 0.1) is 0 Å². The van der Waals surface area contributed by atoms with Gasteiger partial charge in [-0.2, -0.15) is 0 Å². The van der Waals surface area contributed by atoms with E-state index in [1.807, 2.05) is 6.92 Å². The highest BCUT2D eigenvalue weighted by Gasteiger charge is 2.43. The van der Waals surface area contributed by atoms with Gasteiger partial charge in [0, 0.05) is 5.56 Å². The van der Waals surface area contributed by atoms with Crippen LogP contribution >= 0.6 is 11.6 Å². The van der Waals surface area contributed by atoms with Gasteiger partial charge < -0.3 is 5.11 Å². The fourth-order valence-corrected chi connectivity index (χ4v) is 1.80. The topological polar surface area (TPSA) is 54.4 Å². The number of hydrogen-bond donors (Lipinski definition) is 1. The smallest absolute Gasteiger partial charge is 0.332 e. The van der Waals surface area contributed by atoms with Crippen molar-refractivity contribution in [3.8, 4) is 0 Å². The first-order valence-electron chi connectivity index (χ1n) is 5.54. The van der Waals surface area contributed by atoms with Gasteiger partial charge in [-0.25, -0.2) is 4.79 Å². The van der Waals surface area contributed by atoms with Crippen molar-refractivity contribution >= 4 is 23.4 Å². The number of carboxylic acid groups (broad SMARTS) is 1. The fraction of sp³-hybridized carbons (Fsp3) is 0.385.